The largest absolute Gasteiger partial charge is 0.481 e. The van der Waals surface area contributed by atoms with E-state index < -0.39 is 11.9 Å². The van der Waals surface area contributed by atoms with Crippen LogP contribution < -0.4 is 0 Å². The fourth-order valence-corrected chi connectivity index (χ4v) is 1.63. The van der Waals surface area contributed by atoms with Crippen LogP contribution in [-0.4, -0.2) is 11.1 Å². The van der Waals surface area contributed by atoms with Gasteiger partial charge in [0.25, 0.3) is 0 Å². The Labute approximate surface area is 78.2 Å². The van der Waals surface area contributed by atoms with E-state index in [0.717, 1.165) is 16.7 Å². The maximum absolute atomic E-state index is 10.8. The second-order valence-electron chi connectivity index (χ2n) is 3.37. The highest BCUT2D eigenvalue weighted by atomic mass is 16.4. The number of carbonyl (C=O) groups is 1. The van der Waals surface area contributed by atoms with E-state index in [0.29, 0.717) is 0 Å². The van der Waals surface area contributed by atoms with Crippen molar-refractivity contribution in [1.82, 2.24) is 0 Å². The van der Waals surface area contributed by atoms with Crippen LogP contribution in [0.4, 0.5) is 0 Å². The first kappa shape index (κ1) is 9.78. The summed E-state index contributed by atoms with van der Waals surface area (Å²) in [6.07, 6.45) is 0. The third kappa shape index (κ3) is 1.89. The minimum Gasteiger partial charge on any atom is -0.481 e. The molecule has 0 unspecified atom stereocenters. The Kier molecular flexibility index (Phi) is 2.71. The maximum atomic E-state index is 10.8. The molecule has 0 saturated carbocycles. The molecule has 1 rings (SSSR count). The number of aryl methyl sites for hydroxylation is 2. The SMILES string of the molecule is Cc1cccc(C)c1[C@H](C)C(=O)O. The van der Waals surface area contributed by atoms with Crippen LogP contribution in [-0.2, 0) is 4.79 Å². The average Bonchev–Trinajstić information content (AvgIpc) is 2.03. The lowest BCUT2D eigenvalue weighted by molar-refractivity contribution is -0.138. The normalized spacial score (nSPS) is 12.5. The Hall–Kier alpha value is -1.31. The van der Waals surface area contributed by atoms with E-state index in [9.17, 15) is 4.79 Å². The molecule has 2 heteroatoms. The first-order valence-electron chi connectivity index (χ1n) is 4.33. The third-order valence-corrected chi connectivity index (χ3v) is 2.35. The van der Waals surface area contributed by atoms with Crippen LogP contribution in [0, 0.1) is 13.8 Å². The molecule has 0 bridgehead atoms. The lowest BCUT2D eigenvalue weighted by atomic mass is 9.92. The van der Waals surface area contributed by atoms with Crippen molar-refractivity contribution >= 4 is 5.97 Å². The van der Waals surface area contributed by atoms with Crippen LogP contribution in [0.25, 0.3) is 0 Å². The zero-order valence-electron chi connectivity index (χ0n) is 8.16. The molecule has 2 nitrogen and oxygen atoms in total. The smallest absolute Gasteiger partial charge is 0.310 e. The molecule has 0 radical (unpaired) electrons. The van der Waals surface area contributed by atoms with Gasteiger partial charge in [-0.3, -0.25) is 4.79 Å². The number of carboxylic acids is 1. The highest BCUT2D eigenvalue weighted by Crippen LogP contribution is 2.23. The molecule has 0 aliphatic heterocycles. The van der Waals surface area contributed by atoms with Crippen LogP contribution in [0.5, 0.6) is 0 Å². The number of carboxylic acid groups (broad SMARTS) is 1. The molecule has 0 amide bonds. The molecule has 1 atom stereocenters. The highest BCUT2D eigenvalue weighted by Gasteiger charge is 2.17. The fourth-order valence-electron chi connectivity index (χ4n) is 1.63. The van der Waals surface area contributed by atoms with Gasteiger partial charge < -0.3 is 5.11 Å². The van der Waals surface area contributed by atoms with Gasteiger partial charge in [-0.1, -0.05) is 18.2 Å². The average molecular weight is 178 g/mol. The van der Waals surface area contributed by atoms with Gasteiger partial charge >= 0.3 is 5.97 Å². The molecule has 1 aromatic carbocycles. The lowest BCUT2D eigenvalue weighted by Crippen LogP contribution is -2.10. The molecule has 0 aliphatic carbocycles. The monoisotopic (exact) mass is 178 g/mol. The van der Waals surface area contributed by atoms with Crippen LogP contribution in [0.15, 0.2) is 18.2 Å². The topological polar surface area (TPSA) is 37.3 Å². The second kappa shape index (κ2) is 3.60. The van der Waals surface area contributed by atoms with Gasteiger partial charge in [0.1, 0.15) is 0 Å². The predicted molar refractivity (Wildman–Crippen MR) is 52.0 cm³/mol. The molecule has 1 aromatic rings. The Balaban J connectivity index is 3.20. The summed E-state index contributed by atoms with van der Waals surface area (Å²) < 4.78 is 0. The van der Waals surface area contributed by atoms with Gasteiger partial charge in [0, 0.05) is 0 Å². The van der Waals surface area contributed by atoms with Gasteiger partial charge in [0.15, 0.2) is 0 Å². The zero-order valence-corrected chi connectivity index (χ0v) is 8.16. The van der Waals surface area contributed by atoms with Crippen molar-refractivity contribution in [2.75, 3.05) is 0 Å². The van der Waals surface area contributed by atoms with E-state index in [1.54, 1.807) is 6.92 Å². The summed E-state index contributed by atoms with van der Waals surface area (Å²) in [5.74, 6) is -1.18. The van der Waals surface area contributed by atoms with Crippen molar-refractivity contribution in [3.05, 3.63) is 34.9 Å². The van der Waals surface area contributed by atoms with E-state index >= 15 is 0 Å². The van der Waals surface area contributed by atoms with Crippen LogP contribution in [0.2, 0.25) is 0 Å². The number of rotatable bonds is 2. The summed E-state index contributed by atoms with van der Waals surface area (Å²) in [7, 11) is 0. The molecular weight excluding hydrogens is 164 g/mol. The summed E-state index contributed by atoms with van der Waals surface area (Å²) in [5, 5.41) is 8.88. The molecule has 70 valence electrons. The van der Waals surface area contributed by atoms with Crippen molar-refractivity contribution < 1.29 is 9.90 Å². The number of benzene rings is 1. The van der Waals surface area contributed by atoms with E-state index in [-0.39, 0.29) is 0 Å². The lowest BCUT2D eigenvalue weighted by Gasteiger charge is -2.13. The van der Waals surface area contributed by atoms with Gasteiger partial charge in [-0.05, 0) is 37.5 Å². The summed E-state index contributed by atoms with van der Waals surface area (Å²) in [6, 6.07) is 5.84. The number of hydrogen-bond donors (Lipinski definition) is 1. The molecule has 13 heavy (non-hydrogen) atoms. The van der Waals surface area contributed by atoms with Crippen molar-refractivity contribution in [1.29, 1.82) is 0 Å². The van der Waals surface area contributed by atoms with Crippen molar-refractivity contribution in [3.63, 3.8) is 0 Å². The standard InChI is InChI=1S/C11H14O2/c1-7-5-4-6-8(2)10(7)9(3)11(12)13/h4-6,9H,1-3H3,(H,12,13)/t9-/m0/s1. The highest BCUT2D eigenvalue weighted by molar-refractivity contribution is 5.76. The minimum absolute atomic E-state index is 0.416. The third-order valence-electron chi connectivity index (χ3n) is 2.35. The Morgan fingerprint density at radius 3 is 2.15 bits per heavy atom. The van der Waals surface area contributed by atoms with Gasteiger partial charge in [-0.15, -0.1) is 0 Å². The Morgan fingerprint density at radius 1 is 1.31 bits per heavy atom. The van der Waals surface area contributed by atoms with Gasteiger partial charge in [0.2, 0.25) is 0 Å². The van der Waals surface area contributed by atoms with Crippen LogP contribution >= 0.6 is 0 Å². The van der Waals surface area contributed by atoms with Crippen molar-refractivity contribution in [2.45, 2.75) is 26.7 Å². The van der Waals surface area contributed by atoms with Crippen LogP contribution in [0.3, 0.4) is 0 Å². The maximum Gasteiger partial charge on any atom is 0.310 e. The summed E-state index contributed by atoms with van der Waals surface area (Å²) in [4.78, 5) is 10.8. The summed E-state index contributed by atoms with van der Waals surface area (Å²) >= 11 is 0. The second-order valence-corrected chi connectivity index (χ2v) is 3.37. The number of aliphatic carboxylic acids is 1. The van der Waals surface area contributed by atoms with E-state index in [4.69, 9.17) is 5.11 Å². The van der Waals surface area contributed by atoms with Gasteiger partial charge in [-0.25, -0.2) is 0 Å². The molecule has 0 fully saturated rings. The minimum atomic E-state index is -0.766. The molecule has 0 spiro atoms. The summed E-state index contributed by atoms with van der Waals surface area (Å²) in [6.45, 7) is 5.61. The Morgan fingerprint density at radius 2 is 1.77 bits per heavy atom. The predicted octanol–water partition coefficient (Wildman–Crippen LogP) is 2.49. The van der Waals surface area contributed by atoms with Crippen LogP contribution in [0.1, 0.15) is 29.5 Å². The fraction of sp³-hybridized carbons (Fsp3) is 0.364. The number of hydrogen-bond acceptors (Lipinski definition) is 1. The molecule has 0 aromatic heterocycles. The van der Waals surface area contributed by atoms with Crippen molar-refractivity contribution in [3.8, 4) is 0 Å². The molecule has 0 saturated heterocycles. The Bertz CT molecular complexity index is 309. The first-order chi connectivity index (χ1) is 6.04. The van der Waals surface area contributed by atoms with E-state index in [1.165, 1.54) is 0 Å². The van der Waals surface area contributed by atoms with Gasteiger partial charge in [0.05, 0.1) is 5.92 Å². The van der Waals surface area contributed by atoms with Crippen molar-refractivity contribution in [2.24, 2.45) is 0 Å². The molecule has 1 N–H and O–H groups in total. The van der Waals surface area contributed by atoms with Gasteiger partial charge in [-0.2, -0.15) is 0 Å². The van der Waals surface area contributed by atoms with E-state index in [1.807, 2.05) is 32.0 Å². The first-order valence-corrected chi connectivity index (χ1v) is 4.33. The van der Waals surface area contributed by atoms with E-state index in [2.05, 4.69) is 0 Å². The summed E-state index contributed by atoms with van der Waals surface area (Å²) in [5.41, 5.74) is 3.04. The molecule has 0 aliphatic rings. The molecule has 0 heterocycles. The zero-order chi connectivity index (χ0) is 10.0. The molecular formula is C11H14O2. The quantitative estimate of drug-likeness (QED) is 0.755.